The van der Waals surface area contributed by atoms with Gasteiger partial charge in [-0.05, 0) is 67.9 Å². The highest BCUT2D eigenvalue weighted by atomic mass is 19.1. The van der Waals surface area contributed by atoms with Crippen LogP contribution in [-0.4, -0.2) is 42.2 Å². The van der Waals surface area contributed by atoms with E-state index in [1.165, 1.54) is 12.1 Å². The van der Waals surface area contributed by atoms with Gasteiger partial charge in [0.15, 0.2) is 0 Å². The molecule has 1 unspecified atom stereocenters. The fraction of sp³-hybridized carbons (Fsp3) is 0.233. The van der Waals surface area contributed by atoms with E-state index in [1.54, 1.807) is 36.4 Å². The molecule has 1 aliphatic heterocycles. The normalized spacial score (nSPS) is 14.3. The van der Waals surface area contributed by atoms with E-state index in [-0.39, 0.29) is 17.4 Å². The Bertz CT molecular complexity index is 1540. The number of carboxylic acids is 1. The van der Waals surface area contributed by atoms with E-state index in [2.05, 4.69) is 21.2 Å². The summed E-state index contributed by atoms with van der Waals surface area (Å²) in [6.45, 7) is 6.86. The first-order valence-corrected chi connectivity index (χ1v) is 12.5. The van der Waals surface area contributed by atoms with Crippen LogP contribution in [0.5, 0.6) is 0 Å². The SMILES string of the molecule is Cc1cc(C(C)Nc2ccccc2C(=O)O)c2nc(N3CCN(c4ccc(F)cc4)CC3)cc(C#N)c2c1. The number of para-hydroxylation sites is 1. The standard InChI is InChI=1S/C30H28FN5O2/c1-19-15-25(20(2)33-27-6-4-3-5-24(27)30(37)38)29-26(16-19)21(18-32)17-28(34-29)36-13-11-35(12-14-36)23-9-7-22(31)8-10-23/h3-10,15-17,20,33H,11-14H2,1-2H3,(H,37,38). The summed E-state index contributed by atoms with van der Waals surface area (Å²) in [6, 6.07) is 21.3. The van der Waals surface area contributed by atoms with Crippen LogP contribution in [0.25, 0.3) is 10.9 Å². The molecule has 0 radical (unpaired) electrons. The molecule has 0 aliphatic carbocycles. The zero-order valence-electron chi connectivity index (χ0n) is 21.3. The summed E-state index contributed by atoms with van der Waals surface area (Å²) in [5.74, 6) is -0.518. The molecule has 0 spiro atoms. The van der Waals surface area contributed by atoms with Gasteiger partial charge < -0.3 is 20.2 Å². The molecule has 4 aromatic rings. The fourth-order valence-electron chi connectivity index (χ4n) is 5.03. The number of aromatic nitrogens is 1. The Labute approximate surface area is 220 Å². The molecule has 38 heavy (non-hydrogen) atoms. The second-order valence-corrected chi connectivity index (χ2v) is 9.56. The minimum Gasteiger partial charge on any atom is -0.478 e. The average molecular weight is 510 g/mol. The summed E-state index contributed by atoms with van der Waals surface area (Å²) >= 11 is 0. The maximum atomic E-state index is 13.3. The lowest BCUT2D eigenvalue weighted by atomic mass is 9.97. The van der Waals surface area contributed by atoms with Crippen molar-refractivity contribution in [1.82, 2.24) is 4.98 Å². The van der Waals surface area contributed by atoms with Crippen molar-refractivity contribution in [3.63, 3.8) is 0 Å². The van der Waals surface area contributed by atoms with E-state index in [0.29, 0.717) is 24.3 Å². The number of aromatic carboxylic acids is 1. The van der Waals surface area contributed by atoms with Gasteiger partial charge in [0, 0.05) is 48.5 Å². The Morgan fingerprint density at radius 2 is 1.74 bits per heavy atom. The van der Waals surface area contributed by atoms with Crippen LogP contribution in [0, 0.1) is 24.1 Å². The number of hydrogen-bond acceptors (Lipinski definition) is 6. The van der Waals surface area contributed by atoms with Crippen molar-refractivity contribution in [2.24, 2.45) is 0 Å². The van der Waals surface area contributed by atoms with Gasteiger partial charge in [0.1, 0.15) is 11.6 Å². The number of nitrogens with one attached hydrogen (secondary N) is 1. The van der Waals surface area contributed by atoms with Crippen LogP contribution in [-0.2, 0) is 0 Å². The molecule has 192 valence electrons. The summed E-state index contributed by atoms with van der Waals surface area (Å²) in [5, 5.41) is 23.7. The van der Waals surface area contributed by atoms with Crippen LogP contribution in [0.1, 0.15) is 40.0 Å². The highest BCUT2D eigenvalue weighted by Gasteiger charge is 2.22. The minimum atomic E-state index is -0.999. The second kappa shape index (κ2) is 10.4. The van der Waals surface area contributed by atoms with E-state index in [9.17, 15) is 19.6 Å². The smallest absolute Gasteiger partial charge is 0.337 e. The van der Waals surface area contributed by atoms with Crippen LogP contribution >= 0.6 is 0 Å². The van der Waals surface area contributed by atoms with Crippen molar-refractivity contribution in [1.29, 1.82) is 5.26 Å². The molecule has 7 nitrogen and oxygen atoms in total. The largest absolute Gasteiger partial charge is 0.478 e. The quantitative estimate of drug-likeness (QED) is 0.342. The van der Waals surface area contributed by atoms with Gasteiger partial charge in [-0.1, -0.05) is 18.2 Å². The predicted molar refractivity (Wildman–Crippen MR) is 147 cm³/mol. The molecule has 1 fully saturated rings. The van der Waals surface area contributed by atoms with Crippen molar-refractivity contribution in [3.05, 3.63) is 94.8 Å². The summed E-state index contributed by atoms with van der Waals surface area (Å²) < 4.78 is 13.3. The molecule has 1 aliphatic rings. The lowest BCUT2D eigenvalue weighted by Crippen LogP contribution is -2.46. The molecule has 1 aromatic heterocycles. The van der Waals surface area contributed by atoms with Gasteiger partial charge in [-0.15, -0.1) is 0 Å². The third-order valence-electron chi connectivity index (χ3n) is 6.99. The summed E-state index contributed by atoms with van der Waals surface area (Å²) in [4.78, 5) is 21.1. The lowest BCUT2D eigenvalue weighted by molar-refractivity contribution is 0.0698. The average Bonchev–Trinajstić information content (AvgIpc) is 2.92. The highest BCUT2D eigenvalue weighted by molar-refractivity contribution is 5.94. The minimum absolute atomic E-state index is 0.196. The number of carbonyl (C=O) groups is 1. The molecule has 5 rings (SSSR count). The zero-order valence-corrected chi connectivity index (χ0v) is 21.3. The summed E-state index contributed by atoms with van der Waals surface area (Å²) in [5.41, 5.74) is 4.86. The maximum absolute atomic E-state index is 13.3. The molecule has 1 atom stereocenters. The van der Waals surface area contributed by atoms with Gasteiger partial charge in [-0.3, -0.25) is 0 Å². The van der Waals surface area contributed by atoms with E-state index in [0.717, 1.165) is 46.6 Å². The van der Waals surface area contributed by atoms with Gasteiger partial charge in [-0.2, -0.15) is 5.26 Å². The highest BCUT2D eigenvalue weighted by Crippen LogP contribution is 2.32. The van der Waals surface area contributed by atoms with E-state index in [4.69, 9.17) is 4.98 Å². The number of benzene rings is 3. The molecule has 0 saturated carbocycles. The predicted octanol–water partition coefficient (Wildman–Crippen LogP) is 5.75. The third-order valence-corrected chi connectivity index (χ3v) is 6.99. The third kappa shape index (κ3) is 4.96. The number of anilines is 3. The topological polar surface area (TPSA) is 92.5 Å². The Kier molecular flexibility index (Phi) is 6.84. The number of piperazine rings is 1. The monoisotopic (exact) mass is 509 g/mol. The summed E-state index contributed by atoms with van der Waals surface area (Å²) in [7, 11) is 0. The van der Waals surface area contributed by atoms with E-state index < -0.39 is 5.97 Å². The number of halogens is 1. The zero-order chi connectivity index (χ0) is 26.8. The number of pyridine rings is 1. The number of hydrogen-bond donors (Lipinski definition) is 2. The summed E-state index contributed by atoms with van der Waals surface area (Å²) in [6.07, 6.45) is 0. The lowest BCUT2D eigenvalue weighted by Gasteiger charge is -2.37. The van der Waals surface area contributed by atoms with Crippen molar-refractivity contribution < 1.29 is 14.3 Å². The number of fused-ring (bicyclic) bond motifs is 1. The first kappa shape index (κ1) is 25.0. The Hall–Kier alpha value is -4.64. The number of nitrogens with zero attached hydrogens (tertiary/aromatic N) is 4. The number of carboxylic acid groups (broad SMARTS) is 1. The van der Waals surface area contributed by atoms with Crippen LogP contribution in [0.15, 0.2) is 66.7 Å². The first-order chi connectivity index (χ1) is 18.3. The molecule has 2 N–H and O–H groups in total. The van der Waals surface area contributed by atoms with E-state index >= 15 is 0 Å². The van der Waals surface area contributed by atoms with Gasteiger partial charge in [0.25, 0.3) is 0 Å². The maximum Gasteiger partial charge on any atom is 0.337 e. The Morgan fingerprint density at radius 3 is 2.42 bits per heavy atom. The molecule has 2 heterocycles. The van der Waals surface area contributed by atoms with Gasteiger partial charge >= 0.3 is 5.97 Å². The van der Waals surface area contributed by atoms with Crippen molar-refractivity contribution in [2.45, 2.75) is 19.9 Å². The van der Waals surface area contributed by atoms with Crippen molar-refractivity contribution >= 4 is 34.1 Å². The second-order valence-electron chi connectivity index (χ2n) is 9.56. The van der Waals surface area contributed by atoms with Gasteiger partial charge in [0.05, 0.1) is 28.8 Å². The molecule has 3 aromatic carbocycles. The van der Waals surface area contributed by atoms with Crippen molar-refractivity contribution in [3.8, 4) is 6.07 Å². The van der Waals surface area contributed by atoms with Crippen LogP contribution in [0.3, 0.4) is 0 Å². The first-order valence-electron chi connectivity index (χ1n) is 12.5. The van der Waals surface area contributed by atoms with E-state index in [1.807, 2.05) is 32.0 Å². The molecule has 1 saturated heterocycles. The molecular weight excluding hydrogens is 481 g/mol. The molecule has 0 amide bonds. The number of aryl methyl sites for hydroxylation is 1. The molecule has 8 heteroatoms. The fourth-order valence-corrected chi connectivity index (χ4v) is 5.03. The Balaban J connectivity index is 1.47. The van der Waals surface area contributed by atoms with Gasteiger partial charge in [-0.25, -0.2) is 14.2 Å². The van der Waals surface area contributed by atoms with Crippen LogP contribution in [0.2, 0.25) is 0 Å². The molecule has 0 bridgehead atoms. The van der Waals surface area contributed by atoms with Gasteiger partial charge in [0.2, 0.25) is 0 Å². The number of rotatable bonds is 6. The van der Waals surface area contributed by atoms with Crippen LogP contribution < -0.4 is 15.1 Å². The van der Waals surface area contributed by atoms with Crippen molar-refractivity contribution in [2.75, 3.05) is 41.3 Å². The molecular formula is C30H28FN5O2. The Morgan fingerprint density at radius 1 is 1.05 bits per heavy atom. The number of nitriles is 1. The van der Waals surface area contributed by atoms with Crippen LogP contribution in [0.4, 0.5) is 21.6 Å².